The third-order valence-electron chi connectivity index (χ3n) is 3.78. The van der Waals surface area contributed by atoms with Gasteiger partial charge in [-0.3, -0.25) is 0 Å². The minimum absolute atomic E-state index is 0.259. The number of anilines is 1. The van der Waals surface area contributed by atoms with Crippen molar-refractivity contribution in [3.05, 3.63) is 23.8 Å². The minimum Gasteiger partial charge on any atom is -0.496 e. The second-order valence-electron chi connectivity index (χ2n) is 5.69. The van der Waals surface area contributed by atoms with Gasteiger partial charge in [-0.15, -0.1) is 0 Å². The van der Waals surface area contributed by atoms with E-state index in [0.717, 1.165) is 31.8 Å². The van der Waals surface area contributed by atoms with E-state index >= 15 is 0 Å². The quantitative estimate of drug-likeness (QED) is 0.758. The Balaban J connectivity index is 3.16. The summed E-state index contributed by atoms with van der Waals surface area (Å²) >= 11 is 0. The largest absolute Gasteiger partial charge is 0.496 e. The van der Waals surface area contributed by atoms with E-state index in [2.05, 4.69) is 55.2 Å². The van der Waals surface area contributed by atoms with Crippen molar-refractivity contribution in [3.63, 3.8) is 0 Å². The van der Waals surface area contributed by atoms with Gasteiger partial charge < -0.3 is 19.9 Å². The molecule has 1 atom stereocenters. The molecule has 0 aliphatic rings. The lowest BCUT2D eigenvalue weighted by atomic mass is 10.0. The summed E-state index contributed by atoms with van der Waals surface area (Å²) in [4.78, 5) is 4.69. The third-order valence-corrected chi connectivity index (χ3v) is 3.78. The van der Waals surface area contributed by atoms with E-state index in [-0.39, 0.29) is 6.04 Å². The van der Waals surface area contributed by atoms with E-state index in [0.29, 0.717) is 0 Å². The maximum absolute atomic E-state index is 5.59. The van der Waals surface area contributed by atoms with Crippen molar-refractivity contribution in [1.82, 2.24) is 10.2 Å². The van der Waals surface area contributed by atoms with Gasteiger partial charge in [0.2, 0.25) is 0 Å². The van der Waals surface area contributed by atoms with Crippen molar-refractivity contribution in [2.45, 2.75) is 26.3 Å². The molecule has 4 heteroatoms. The summed E-state index contributed by atoms with van der Waals surface area (Å²) < 4.78 is 5.59. The molecule has 0 aliphatic heterocycles. The predicted molar refractivity (Wildman–Crippen MR) is 91.5 cm³/mol. The minimum atomic E-state index is 0.259. The Morgan fingerprint density at radius 1 is 1.19 bits per heavy atom. The zero-order chi connectivity index (χ0) is 15.8. The Hall–Kier alpha value is -1.26. The highest BCUT2D eigenvalue weighted by atomic mass is 16.5. The molecular formula is C17H31N3O. The molecule has 0 fully saturated rings. The van der Waals surface area contributed by atoms with Crippen LogP contribution in [0.25, 0.3) is 0 Å². The van der Waals surface area contributed by atoms with Crippen molar-refractivity contribution < 1.29 is 4.74 Å². The van der Waals surface area contributed by atoms with Gasteiger partial charge in [-0.1, -0.05) is 13.0 Å². The van der Waals surface area contributed by atoms with E-state index < -0.39 is 0 Å². The first-order valence-electron chi connectivity index (χ1n) is 7.78. The van der Waals surface area contributed by atoms with Crippen LogP contribution in [0, 0.1) is 0 Å². The summed E-state index contributed by atoms with van der Waals surface area (Å²) in [6.45, 7) is 7.54. The molecule has 0 amide bonds. The number of nitrogens with one attached hydrogen (secondary N) is 1. The second kappa shape index (κ2) is 8.90. The number of hydrogen-bond donors (Lipinski definition) is 1. The molecule has 0 saturated heterocycles. The van der Waals surface area contributed by atoms with Crippen LogP contribution in [0.1, 0.15) is 31.9 Å². The zero-order valence-electron chi connectivity index (χ0n) is 14.4. The summed E-state index contributed by atoms with van der Waals surface area (Å²) in [6, 6.07) is 6.59. The highest BCUT2D eigenvalue weighted by molar-refractivity contribution is 5.61. The van der Waals surface area contributed by atoms with Crippen LogP contribution >= 0.6 is 0 Å². The van der Waals surface area contributed by atoms with Crippen molar-refractivity contribution in [2.75, 3.05) is 52.8 Å². The molecule has 1 aromatic carbocycles. The van der Waals surface area contributed by atoms with Crippen LogP contribution in [0.5, 0.6) is 5.75 Å². The van der Waals surface area contributed by atoms with Crippen LogP contribution in [0.3, 0.4) is 0 Å². The molecule has 0 saturated carbocycles. The molecule has 0 radical (unpaired) electrons. The topological polar surface area (TPSA) is 27.7 Å². The number of nitrogens with zero attached hydrogens (tertiary/aromatic N) is 2. The molecular weight excluding hydrogens is 262 g/mol. The van der Waals surface area contributed by atoms with E-state index in [1.54, 1.807) is 7.11 Å². The standard InChI is InChI=1S/C17H31N3O/c1-7-11-20(13-12-19(4)5)15-9-8-10-16(21-6)17(15)14(2)18-3/h8-10,14,18H,7,11-13H2,1-6H3. The molecule has 21 heavy (non-hydrogen) atoms. The molecule has 4 nitrogen and oxygen atoms in total. The first kappa shape index (κ1) is 17.8. The highest BCUT2D eigenvalue weighted by Gasteiger charge is 2.18. The zero-order valence-corrected chi connectivity index (χ0v) is 14.4. The Morgan fingerprint density at radius 2 is 1.90 bits per heavy atom. The van der Waals surface area contributed by atoms with E-state index in [9.17, 15) is 0 Å². The molecule has 1 unspecified atom stereocenters. The van der Waals surface area contributed by atoms with Crippen LogP contribution in [-0.2, 0) is 0 Å². The van der Waals surface area contributed by atoms with Gasteiger partial charge in [-0.2, -0.15) is 0 Å². The summed E-state index contributed by atoms with van der Waals surface area (Å²) in [6.07, 6.45) is 1.14. The summed E-state index contributed by atoms with van der Waals surface area (Å²) in [5, 5.41) is 3.34. The van der Waals surface area contributed by atoms with Crippen molar-refractivity contribution >= 4 is 5.69 Å². The van der Waals surface area contributed by atoms with Gasteiger partial charge in [0.15, 0.2) is 0 Å². The van der Waals surface area contributed by atoms with E-state index in [1.807, 2.05) is 13.1 Å². The predicted octanol–water partition coefficient (Wildman–Crippen LogP) is 2.75. The SMILES string of the molecule is CCCN(CCN(C)C)c1cccc(OC)c1C(C)NC. The second-order valence-corrected chi connectivity index (χ2v) is 5.69. The Bertz CT molecular complexity index is 420. The number of hydrogen-bond acceptors (Lipinski definition) is 4. The fraction of sp³-hybridized carbons (Fsp3) is 0.647. The summed E-state index contributed by atoms with van der Waals surface area (Å²) in [5.74, 6) is 0.959. The number of rotatable bonds is 9. The van der Waals surface area contributed by atoms with Gasteiger partial charge in [0.1, 0.15) is 5.75 Å². The monoisotopic (exact) mass is 293 g/mol. The van der Waals surface area contributed by atoms with Crippen LogP contribution in [-0.4, -0.2) is 52.8 Å². The third kappa shape index (κ3) is 4.90. The van der Waals surface area contributed by atoms with Gasteiger partial charge >= 0.3 is 0 Å². The summed E-state index contributed by atoms with van der Waals surface area (Å²) in [7, 11) is 7.97. The normalized spacial score (nSPS) is 12.5. The number of methoxy groups -OCH3 is 1. The molecule has 0 heterocycles. The molecule has 120 valence electrons. The molecule has 0 aromatic heterocycles. The Morgan fingerprint density at radius 3 is 2.43 bits per heavy atom. The molecule has 1 rings (SSSR count). The van der Waals surface area contributed by atoms with Crippen molar-refractivity contribution in [1.29, 1.82) is 0 Å². The number of benzene rings is 1. The van der Waals surface area contributed by atoms with Gasteiger partial charge in [-0.05, 0) is 46.6 Å². The van der Waals surface area contributed by atoms with E-state index in [1.165, 1.54) is 11.3 Å². The van der Waals surface area contributed by atoms with Crippen molar-refractivity contribution in [2.24, 2.45) is 0 Å². The lowest BCUT2D eigenvalue weighted by Crippen LogP contribution is -2.33. The van der Waals surface area contributed by atoms with Crippen LogP contribution in [0.2, 0.25) is 0 Å². The lowest BCUT2D eigenvalue weighted by Gasteiger charge is -2.30. The number of ether oxygens (including phenoxy) is 1. The van der Waals surface area contributed by atoms with Crippen LogP contribution < -0.4 is 15.0 Å². The van der Waals surface area contributed by atoms with Gasteiger partial charge in [0.05, 0.1) is 7.11 Å². The fourth-order valence-electron chi connectivity index (χ4n) is 2.51. The summed E-state index contributed by atoms with van der Waals surface area (Å²) in [5.41, 5.74) is 2.52. The fourth-order valence-corrected chi connectivity index (χ4v) is 2.51. The molecule has 0 bridgehead atoms. The highest BCUT2D eigenvalue weighted by Crippen LogP contribution is 2.34. The molecule has 1 N–H and O–H groups in total. The average molecular weight is 293 g/mol. The maximum Gasteiger partial charge on any atom is 0.125 e. The van der Waals surface area contributed by atoms with Gasteiger partial charge in [-0.25, -0.2) is 0 Å². The lowest BCUT2D eigenvalue weighted by molar-refractivity contribution is 0.401. The van der Waals surface area contributed by atoms with Crippen LogP contribution in [0.4, 0.5) is 5.69 Å². The smallest absolute Gasteiger partial charge is 0.125 e. The molecule has 1 aromatic rings. The number of likely N-dealkylation sites (N-methyl/N-ethyl adjacent to an activating group) is 1. The van der Waals surface area contributed by atoms with Crippen molar-refractivity contribution in [3.8, 4) is 5.75 Å². The Labute approximate surface area is 130 Å². The molecule has 0 spiro atoms. The first-order valence-corrected chi connectivity index (χ1v) is 7.78. The first-order chi connectivity index (χ1) is 10.0. The Kier molecular flexibility index (Phi) is 7.54. The van der Waals surface area contributed by atoms with Gasteiger partial charge in [0.25, 0.3) is 0 Å². The van der Waals surface area contributed by atoms with E-state index in [4.69, 9.17) is 4.74 Å². The average Bonchev–Trinajstić information content (AvgIpc) is 2.49. The van der Waals surface area contributed by atoms with Gasteiger partial charge in [0, 0.05) is 36.9 Å². The molecule has 0 aliphatic carbocycles. The van der Waals surface area contributed by atoms with Crippen LogP contribution in [0.15, 0.2) is 18.2 Å². The maximum atomic E-state index is 5.59.